The fourth-order valence-corrected chi connectivity index (χ4v) is 1.75. The zero-order valence-electron chi connectivity index (χ0n) is 8.89. The summed E-state index contributed by atoms with van der Waals surface area (Å²) in [5.74, 6) is 0.647. The Bertz CT molecular complexity index is 333. The van der Waals surface area contributed by atoms with Crippen LogP contribution < -0.4 is 0 Å². The summed E-state index contributed by atoms with van der Waals surface area (Å²) in [6, 6.07) is 0. The quantitative estimate of drug-likeness (QED) is 0.781. The van der Waals surface area contributed by atoms with Crippen molar-refractivity contribution in [2.45, 2.75) is 33.3 Å². The second kappa shape index (κ2) is 6.40. The Labute approximate surface area is 103 Å². The van der Waals surface area contributed by atoms with E-state index in [4.69, 9.17) is 16.3 Å². The van der Waals surface area contributed by atoms with Gasteiger partial charge < -0.3 is 4.74 Å². The van der Waals surface area contributed by atoms with E-state index in [0.29, 0.717) is 24.2 Å². The summed E-state index contributed by atoms with van der Waals surface area (Å²) in [5, 5.41) is 0.461. The Morgan fingerprint density at radius 1 is 1.33 bits per heavy atom. The normalized spacial score (nSPS) is 10.7. The van der Waals surface area contributed by atoms with Crippen LogP contribution in [0.25, 0.3) is 0 Å². The van der Waals surface area contributed by atoms with Crippen LogP contribution in [0.5, 0.6) is 0 Å². The molecule has 0 atom stereocenters. The number of ether oxygens (including phenoxy) is 1. The maximum Gasteiger partial charge on any atom is 0.156 e. The summed E-state index contributed by atoms with van der Waals surface area (Å²) in [4.78, 5) is 8.53. The second-order valence-corrected chi connectivity index (χ2v) is 4.23. The van der Waals surface area contributed by atoms with Gasteiger partial charge in [0.25, 0.3) is 0 Å². The zero-order valence-corrected chi connectivity index (χ0v) is 11.2. The summed E-state index contributed by atoms with van der Waals surface area (Å²) in [5.41, 5.74) is 0.951. The molecule has 0 unspecified atom stereocenters. The monoisotopic (exact) mass is 292 g/mol. The molecule has 0 aliphatic heterocycles. The molecule has 84 valence electrons. The van der Waals surface area contributed by atoms with Crippen molar-refractivity contribution in [2.24, 2.45) is 0 Å². The molecule has 0 aliphatic carbocycles. The SMILES string of the molecule is CCCc1nc(COCC)nc(Cl)c1Br. The van der Waals surface area contributed by atoms with Crippen LogP contribution in [0, 0.1) is 0 Å². The van der Waals surface area contributed by atoms with Gasteiger partial charge in [-0.25, -0.2) is 9.97 Å². The summed E-state index contributed by atoms with van der Waals surface area (Å²) in [7, 11) is 0. The maximum absolute atomic E-state index is 5.98. The van der Waals surface area contributed by atoms with Gasteiger partial charge in [-0.2, -0.15) is 0 Å². The van der Waals surface area contributed by atoms with E-state index in [9.17, 15) is 0 Å². The van der Waals surface area contributed by atoms with Gasteiger partial charge in [-0.05, 0) is 29.3 Å². The average Bonchev–Trinajstić information content (AvgIpc) is 2.22. The number of rotatable bonds is 5. The first-order valence-electron chi connectivity index (χ1n) is 4.97. The lowest BCUT2D eigenvalue weighted by Gasteiger charge is -2.07. The molecular weight excluding hydrogens is 279 g/mol. The van der Waals surface area contributed by atoms with Gasteiger partial charge in [-0.1, -0.05) is 24.9 Å². The summed E-state index contributed by atoms with van der Waals surface area (Å²) < 4.78 is 6.05. The van der Waals surface area contributed by atoms with E-state index in [0.717, 1.165) is 23.0 Å². The third-order valence-electron chi connectivity index (χ3n) is 1.85. The first-order chi connectivity index (χ1) is 7.19. The Kier molecular flexibility index (Phi) is 5.50. The van der Waals surface area contributed by atoms with Crippen LogP contribution in [0.15, 0.2) is 4.47 Å². The van der Waals surface area contributed by atoms with E-state index in [-0.39, 0.29) is 0 Å². The molecule has 0 bridgehead atoms. The highest BCUT2D eigenvalue weighted by molar-refractivity contribution is 9.10. The molecule has 1 aromatic heterocycles. The zero-order chi connectivity index (χ0) is 11.3. The Morgan fingerprint density at radius 2 is 2.07 bits per heavy atom. The van der Waals surface area contributed by atoms with E-state index in [2.05, 4.69) is 32.8 Å². The molecule has 0 saturated heterocycles. The minimum absolute atomic E-state index is 0.417. The van der Waals surface area contributed by atoms with Crippen molar-refractivity contribution >= 4 is 27.5 Å². The van der Waals surface area contributed by atoms with Gasteiger partial charge in [0.15, 0.2) is 5.82 Å². The lowest BCUT2D eigenvalue weighted by molar-refractivity contribution is 0.128. The van der Waals surface area contributed by atoms with Crippen LogP contribution >= 0.6 is 27.5 Å². The molecule has 3 nitrogen and oxygen atoms in total. The first-order valence-corrected chi connectivity index (χ1v) is 6.14. The Balaban J connectivity index is 2.90. The van der Waals surface area contributed by atoms with Crippen molar-refractivity contribution in [3.05, 3.63) is 21.1 Å². The molecule has 0 N–H and O–H groups in total. The number of hydrogen-bond acceptors (Lipinski definition) is 3. The molecule has 0 fully saturated rings. The highest BCUT2D eigenvalue weighted by atomic mass is 79.9. The van der Waals surface area contributed by atoms with E-state index in [1.54, 1.807) is 0 Å². The van der Waals surface area contributed by atoms with Crippen LogP contribution in [0.1, 0.15) is 31.8 Å². The number of halogens is 2. The van der Waals surface area contributed by atoms with Crippen molar-refractivity contribution < 1.29 is 4.74 Å². The fourth-order valence-electron chi connectivity index (χ4n) is 1.17. The predicted octanol–water partition coefficient (Wildman–Crippen LogP) is 3.38. The highest BCUT2D eigenvalue weighted by Gasteiger charge is 2.09. The largest absolute Gasteiger partial charge is 0.374 e. The van der Waals surface area contributed by atoms with Crippen molar-refractivity contribution in [1.82, 2.24) is 9.97 Å². The lowest BCUT2D eigenvalue weighted by Crippen LogP contribution is -2.04. The molecule has 15 heavy (non-hydrogen) atoms. The number of aryl methyl sites for hydroxylation is 1. The molecule has 0 amide bonds. The molecule has 0 radical (unpaired) electrons. The predicted molar refractivity (Wildman–Crippen MR) is 64.1 cm³/mol. The third kappa shape index (κ3) is 3.70. The molecule has 0 aliphatic rings. The Hall–Kier alpha value is -0.190. The van der Waals surface area contributed by atoms with Gasteiger partial charge >= 0.3 is 0 Å². The van der Waals surface area contributed by atoms with Gasteiger partial charge in [-0.3, -0.25) is 0 Å². The van der Waals surface area contributed by atoms with E-state index < -0.39 is 0 Å². The molecule has 0 aromatic carbocycles. The van der Waals surface area contributed by atoms with Gasteiger partial charge in [0.05, 0.1) is 10.2 Å². The molecule has 0 spiro atoms. The number of hydrogen-bond donors (Lipinski definition) is 0. The second-order valence-electron chi connectivity index (χ2n) is 3.08. The topological polar surface area (TPSA) is 35.0 Å². The van der Waals surface area contributed by atoms with Crippen LogP contribution in [-0.2, 0) is 17.8 Å². The first kappa shape index (κ1) is 12.9. The molecule has 0 saturated carbocycles. The summed E-state index contributed by atoms with van der Waals surface area (Å²) in [6.07, 6.45) is 1.92. The van der Waals surface area contributed by atoms with Crippen LogP contribution in [0.3, 0.4) is 0 Å². The van der Waals surface area contributed by atoms with Crippen molar-refractivity contribution in [3.63, 3.8) is 0 Å². The maximum atomic E-state index is 5.98. The van der Waals surface area contributed by atoms with Gasteiger partial charge in [0.1, 0.15) is 11.8 Å². The fraction of sp³-hybridized carbons (Fsp3) is 0.600. The lowest BCUT2D eigenvalue weighted by atomic mass is 10.2. The van der Waals surface area contributed by atoms with Gasteiger partial charge in [-0.15, -0.1) is 0 Å². The van der Waals surface area contributed by atoms with Crippen molar-refractivity contribution in [1.29, 1.82) is 0 Å². The molecular formula is C10H14BrClN2O. The number of aromatic nitrogens is 2. The molecule has 5 heteroatoms. The van der Waals surface area contributed by atoms with Gasteiger partial charge in [0.2, 0.25) is 0 Å². The van der Waals surface area contributed by atoms with Crippen molar-refractivity contribution in [2.75, 3.05) is 6.61 Å². The van der Waals surface area contributed by atoms with Gasteiger partial charge in [0, 0.05) is 6.61 Å². The Morgan fingerprint density at radius 3 is 2.67 bits per heavy atom. The standard InChI is InChI=1S/C10H14BrClN2O/c1-3-5-7-9(11)10(12)14-8(13-7)6-15-4-2/h3-6H2,1-2H3. The van der Waals surface area contributed by atoms with Crippen molar-refractivity contribution in [3.8, 4) is 0 Å². The number of nitrogens with zero attached hydrogens (tertiary/aromatic N) is 2. The molecule has 1 rings (SSSR count). The minimum atomic E-state index is 0.417. The van der Waals surface area contributed by atoms with E-state index in [1.165, 1.54) is 0 Å². The van der Waals surface area contributed by atoms with Crippen LogP contribution in [-0.4, -0.2) is 16.6 Å². The summed E-state index contributed by atoms with van der Waals surface area (Å²) >= 11 is 9.37. The van der Waals surface area contributed by atoms with E-state index in [1.807, 2.05) is 6.92 Å². The molecule has 1 heterocycles. The van der Waals surface area contributed by atoms with Crippen LogP contribution in [0.2, 0.25) is 5.15 Å². The average molecular weight is 294 g/mol. The third-order valence-corrected chi connectivity index (χ3v) is 3.18. The summed E-state index contributed by atoms with van der Waals surface area (Å²) in [6.45, 7) is 5.11. The minimum Gasteiger partial charge on any atom is -0.374 e. The molecule has 1 aromatic rings. The smallest absolute Gasteiger partial charge is 0.156 e. The van der Waals surface area contributed by atoms with Crippen LogP contribution in [0.4, 0.5) is 0 Å². The van der Waals surface area contributed by atoms with E-state index >= 15 is 0 Å². The highest BCUT2D eigenvalue weighted by Crippen LogP contribution is 2.24.